The highest BCUT2D eigenvalue weighted by molar-refractivity contribution is 8.25. The Labute approximate surface area is 230 Å². The largest absolute Gasteiger partial charge is 0.292 e. The lowest BCUT2D eigenvalue weighted by Gasteiger charge is -2.24. The number of hydrogen-bond acceptors (Lipinski definition) is 3. The minimum atomic E-state index is -2.40. The number of aromatic nitrogens is 3. The van der Waals surface area contributed by atoms with Crippen LogP contribution in [0, 0.1) is 0 Å². The van der Waals surface area contributed by atoms with Crippen LogP contribution in [-0.2, 0) is 11.8 Å². The van der Waals surface area contributed by atoms with E-state index >= 15 is 0 Å². The van der Waals surface area contributed by atoms with Gasteiger partial charge in [0.05, 0.1) is 16.6 Å². The van der Waals surface area contributed by atoms with Gasteiger partial charge in [0.1, 0.15) is 5.65 Å². The van der Waals surface area contributed by atoms with Crippen molar-refractivity contribution in [2.75, 3.05) is 0 Å². The van der Waals surface area contributed by atoms with Crippen LogP contribution in [0.4, 0.5) is 0 Å². The van der Waals surface area contributed by atoms with Crippen LogP contribution in [0.5, 0.6) is 0 Å². The summed E-state index contributed by atoms with van der Waals surface area (Å²) in [5.74, 6) is 0. The van der Waals surface area contributed by atoms with Gasteiger partial charge in [-0.1, -0.05) is 103 Å². The van der Waals surface area contributed by atoms with E-state index in [1.165, 1.54) is 21.5 Å². The third kappa shape index (κ3) is 3.32. The van der Waals surface area contributed by atoms with Gasteiger partial charge in [-0.3, -0.25) is 9.38 Å². The molecule has 0 aliphatic carbocycles. The van der Waals surface area contributed by atoms with Gasteiger partial charge < -0.3 is 0 Å². The van der Waals surface area contributed by atoms with E-state index in [1.807, 2.05) is 18.5 Å². The summed E-state index contributed by atoms with van der Waals surface area (Å²) in [7, 11) is 0. The second kappa shape index (κ2) is 8.57. The van der Waals surface area contributed by atoms with Gasteiger partial charge in [-0.15, -0.1) is 0 Å². The summed E-state index contributed by atoms with van der Waals surface area (Å²) in [5, 5.41) is 9.34. The highest BCUT2D eigenvalue weighted by Gasteiger charge is 2.26. The minimum absolute atomic E-state index is 0.952. The number of benzene rings is 5. The van der Waals surface area contributed by atoms with E-state index < -0.39 is 6.04 Å². The molecule has 3 nitrogen and oxygen atoms in total. The van der Waals surface area contributed by atoms with Gasteiger partial charge in [0, 0.05) is 34.5 Å². The van der Waals surface area contributed by atoms with Crippen LogP contribution in [0.3, 0.4) is 0 Å². The van der Waals surface area contributed by atoms with Crippen molar-refractivity contribution in [3.63, 3.8) is 0 Å². The normalized spacial score (nSPS) is 13.4. The molecule has 0 saturated heterocycles. The van der Waals surface area contributed by atoms with Crippen LogP contribution in [-0.4, -0.2) is 14.4 Å². The smallest absolute Gasteiger partial charge is 0.146 e. The Bertz CT molecular complexity index is 2270. The number of imidazole rings is 1. The SMILES string of the molecule is S=P(c1cccnc1)(c1ccc2ccccc2c1)c1ccc2c(c1)nc1c3ccccc3c3ccccc3n21. The molecule has 0 fully saturated rings. The van der Waals surface area contributed by atoms with E-state index in [0.29, 0.717) is 0 Å². The van der Waals surface area contributed by atoms with Gasteiger partial charge in [0.15, 0.2) is 0 Å². The molecule has 5 heteroatoms. The molecule has 0 spiro atoms. The van der Waals surface area contributed by atoms with Crippen molar-refractivity contribution in [2.24, 2.45) is 0 Å². The van der Waals surface area contributed by atoms with Crippen LogP contribution in [0.25, 0.3) is 49.1 Å². The maximum absolute atomic E-state index is 6.70. The number of hydrogen-bond donors (Lipinski definition) is 0. The molecule has 0 N–H and O–H groups in total. The zero-order chi connectivity index (χ0) is 26.0. The van der Waals surface area contributed by atoms with Crippen LogP contribution in [0.15, 0.2) is 134 Å². The third-order valence-electron chi connectivity index (χ3n) is 7.71. The standard InChI is InChI=1S/C34H22N3PS/c39-38(27-10-7-19-35-22-27,25-16-15-23-8-1-2-9-24(23)20-25)26-17-18-33-31(21-26)36-34-30-13-4-3-11-28(30)29-12-5-6-14-32(29)37(33)34/h1-22H. The minimum Gasteiger partial charge on any atom is -0.292 e. The predicted octanol–water partition coefficient (Wildman–Crippen LogP) is 7.10. The highest BCUT2D eigenvalue weighted by Crippen LogP contribution is 2.44. The summed E-state index contributed by atoms with van der Waals surface area (Å²) < 4.78 is 2.29. The number of nitrogens with zero attached hydrogens (tertiary/aromatic N) is 3. The Balaban J connectivity index is 1.44. The Hall–Kier alpha value is -4.37. The first-order chi connectivity index (χ1) is 19.2. The average Bonchev–Trinajstić information content (AvgIpc) is 3.40. The van der Waals surface area contributed by atoms with E-state index in [2.05, 4.69) is 125 Å². The highest BCUT2D eigenvalue weighted by atomic mass is 32.4. The summed E-state index contributed by atoms with van der Waals surface area (Å²) in [6.45, 7) is 0. The predicted molar refractivity (Wildman–Crippen MR) is 169 cm³/mol. The van der Waals surface area contributed by atoms with Crippen molar-refractivity contribution in [3.05, 3.63) is 134 Å². The van der Waals surface area contributed by atoms with Gasteiger partial charge in [-0.2, -0.15) is 0 Å². The average molecular weight is 536 g/mol. The lowest BCUT2D eigenvalue weighted by Crippen LogP contribution is -2.25. The van der Waals surface area contributed by atoms with Crippen molar-refractivity contribution in [3.8, 4) is 0 Å². The van der Waals surface area contributed by atoms with Gasteiger partial charge in [0.2, 0.25) is 0 Å². The molecule has 5 aromatic carbocycles. The Kier molecular flexibility index (Phi) is 4.97. The topological polar surface area (TPSA) is 30.2 Å². The van der Waals surface area contributed by atoms with Gasteiger partial charge in [-0.05, 0) is 57.1 Å². The molecule has 0 aliphatic heterocycles. The first-order valence-corrected chi connectivity index (χ1v) is 15.7. The van der Waals surface area contributed by atoms with Gasteiger partial charge in [-0.25, -0.2) is 4.98 Å². The van der Waals surface area contributed by atoms with Crippen LogP contribution in [0.2, 0.25) is 0 Å². The van der Waals surface area contributed by atoms with E-state index in [9.17, 15) is 0 Å². The summed E-state index contributed by atoms with van der Waals surface area (Å²) in [5.41, 5.74) is 4.16. The zero-order valence-electron chi connectivity index (χ0n) is 20.9. The molecular weight excluding hydrogens is 513 g/mol. The molecule has 0 bridgehead atoms. The van der Waals surface area contributed by atoms with Crippen molar-refractivity contribution in [1.82, 2.24) is 14.4 Å². The Morgan fingerprint density at radius 2 is 1.28 bits per heavy atom. The second-order valence-corrected chi connectivity index (χ2v) is 14.3. The van der Waals surface area contributed by atoms with Crippen LogP contribution >= 0.6 is 6.04 Å². The number of para-hydroxylation sites is 1. The first kappa shape index (κ1) is 22.6. The summed E-state index contributed by atoms with van der Waals surface area (Å²) in [6, 6.07) is 40.5. The molecule has 0 saturated carbocycles. The van der Waals surface area contributed by atoms with Gasteiger partial charge >= 0.3 is 0 Å². The van der Waals surface area contributed by atoms with Crippen LogP contribution in [0.1, 0.15) is 0 Å². The summed E-state index contributed by atoms with van der Waals surface area (Å²) >= 11 is 6.70. The maximum atomic E-state index is 6.70. The van der Waals surface area contributed by atoms with Crippen molar-refractivity contribution >= 4 is 82.9 Å². The Morgan fingerprint density at radius 1 is 0.564 bits per heavy atom. The van der Waals surface area contributed by atoms with E-state index in [4.69, 9.17) is 16.8 Å². The van der Waals surface area contributed by atoms with Crippen LogP contribution < -0.4 is 15.9 Å². The monoisotopic (exact) mass is 535 g/mol. The van der Waals surface area contributed by atoms with Crippen molar-refractivity contribution < 1.29 is 0 Å². The zero-order valence-corrected chi connectivity index (χ0v) is 22.6. The van der Waals surface area contributed by atoms with Gasteiger partial charge in [0.25, 0.3) is 0 Å². The molecule has 1 atom stereocenters. The molecule has 0 radical (unpaired) electrons. The quantitative estimate of drug-likeness (QED) is 0.179. The lowest BCUT2D eigenvalue weighted by molar-refractivity contribution is 1.31. The molecule has 39 heavy (non-hydrogen) atoms. The molecule has 184 valence electrons. The fraction of sp³-hybridized carbons (Fsp3) is 0. The fourth-order valence-electron chi connectivity index (χ4n) is 5.86. The molecule has 3 aromatic heterocycles. The van der Waals surface area contributed by atoms with Crippen molar-refractivity contribution in [2.45, 2.75) is 0 Å². The first-order valence-electron chi connectivity index (χ1n) is 12.9. The Morgan fingerprint density at radius 3 is 2.13 bits per heavy atom. The second-order valence-electron chi connectivity index (χ2n) is 9.86. The number of rotatable bonds is 3. The van der Waals surface area contributed by atoms with E-state index in [1.54, 1.807) is 0 Å². The number of fused-ring (bicyclic) bond motifs is 9. The summed E-state index contributed by atoms with van der Waals surface area (Å²) in [6.07, 6.45) is 3.75. The molecule has 0 aliphatic rings. The lowest BCUT2D eigenvalue weighted by atomic mass is 10.1. The fourth-order valence-corrected chi connectivity index (χ4v) is 9.48. The summed E-state index contributed by atoms with van der Waals surface area (Å²) in [4.78, 5) is 9.69. The number of pyridine rings is 2. The van der Waals surface area contributed by atoms with E-state index in [-0.39, 0.29) is 0 Å². The molecule has 3 heterocycles. The van der Waals surface area contributed by atoms with E-state index in [0.717, 1.165) is 43.5 Å². The molecule has 1 unspecified atom stereocenters. The molecule has 8 rings (SSSR count). The van der Waals surface area contributed by atoms with Crippen molar-refractivity contribution in [1.29, 1.82) is 0 Å². The third-order valence-corrected chi connectivity index (χ3v) is 12.6. The molecular formula is C34H22N3PS. The molecule has 8 aromatic rings. The molecule has 0 amide bonds. The maximum Gasteiger partial charge on any atom is 0.146 e.